The third kappa shape index (κ3) is 2.39. The van der Waals surface area contributed by atoms with Crippen LogP contribution in [-0.4, -0.2) is 5.54 Å². The van der Waals surface area contributed by atoms with Gasteiger partial charge in [0.1, 0.15) is 0 Å². The summed E-state index contributed by atoms with van der Waals surface area (Å²) in [7, 11) is 0. The zero-order valence-electron chi connectivity index (χ0n) is 8.22. The van der Waals surface area contributed by atoms with Crippen LogP contribution >= 0.6 is 11.8 Å². The van der Waals surface area contributed by atoms with Crippen LogP contribution in [0.2, 0.25) is 0 Å². The van der Waals surface area contributed by atoms with Gasteiger partial charge >= 0.3 is 0 Å². The highest BCUT2D eigenvalue weighted by molar-refractivity contribution is 8.06. The van der Waals surface area contributed by atoms with Crippen molar-refractivity contribution in [3.05, 3.63) is 22.0 Å². The summed E-state index contributed by atoms with van der Waals surface area (Å²) in [6.45, 7) is 8.56. The van der Waals surface area contributed by atoms with E-state index in [1.54, 1.807) is 0 Å². The molecule has 2 heteroatoms. The number of thioether (sulfide) groups is 1. The molecule has 1 rings (SSSR count). The maximum Gasteiger partial charge on any atom is 0.0517 e. The Morgan fingerprint density at radius 1 is 1.42 bits per heavy atom. The molecule has 1 aliphatic heterocycles. The van der Waals surface area contributed by atoms with Gasteiger partial charge in [0.05, 0.1) is 5.54 Å². The molecule has 12 heavy (non-hydrogen) atoms. The fraction of sp³-hybridized carbons (Fsp3) is 0.600. The smallest absolute Gasteiger partial charge is 0.0517 e. The first-order valence-electron chi connectivity index (χ1n) is 4.29. The maximum atomic E-state index is 6.03. The summed E-state index contributed by atoms with van der Waals surface area (Å²) in [5.74, 6) is 0.585. The molecule has 1 heterocycles. The van der Waals surface area contributed by atoms with E-state index in [0.717, 1.165) is 0 Å². The summed E-state index contributed by atoms with van der Waals surface area (Å²) < 4.78 is 0. The molecular weight excluding hydrogens is 166 g/mol. The van der Waals surface area contributed by atoms with E-state index in [4.69, 9.17) is 5.73 Å². The topological polar surface area (TPSA) is 26.0 Å². The molecule has 68 valence electrons. The minimum atomic E-state index is -0.241. The lowest BCUT2D eigenvalue weighted by molar-refractivity contribution is 0.705. The summed E-state index contributed by atoms with van der Waals surface area (Å²) in [5.41, 5.74) is 5.79. The van der Waals surface area contributed by atoms with Gasteiger partial charge in [-0.15, -0.1) is 0 Å². The summed E-state index contributed by atoms with van der Waals surface area (Å²) in [5, 5.41) is 0. The molecule has 1 nitrogen and oxygen atoms in total. The molecule has 0 aromatic heterocycles. The largest absolute Gasteiger partial charge is 0.319 e. The van der Waals surface area contributed by atoms with Crippen LogP contribution in [0.25, 0.3) is 0 Å². The van der Waals surface area contributed by atoms with Gasteiger partial charge in [0.25, 0.3) is 0 Å². The minimum Gasteiger partial charge on any atom is -0.319 e. The van der Waals surface area contributed by atoms with Crippen molar-refractivity contribution in [2.24, 2.45) is 11.7 Å². The Morgan fingerprint density at radius 2 is 2.00 bits per heavy atom. The summed E-state index contributed by atoms with van der Waals surface area (Å²) in [6, 6.07) is 0. The lowest BCUT2D eigenvalue weighted by Gasteiger charge is -2.25. The van der Waals surface area contributed by atoms with E-state index in [2.05, 4.69) is 32.9 Å². The first-order valence-corrected chi connectivity index (χ1v) is 5.11. The second kappa shape index (κ2) is 3.27. The average Bonchev–Trinajstić information content (AvgIpc) is 1.82. The summed E-state index contributed by atoms with van der Waals surface area (Å²) in [6.07, 6.45) is 4.28. The normalized spacial score (nSPS) is 30.2. The van der Waals surface area contributed by atoms with Crippen LogP contribution in [0.1, 0.15) is 27.7 Å². The zero-order valence-corrected chi connectivity index (χ0v) is 9.03. The van der Waals surface area contributed by atoms with Crippen molar-refractivity contribution in [2.45, 2.75) is 33.2 Å². The van der Waals surface area contributed by atoms with Crippen molar-refractivity contribution in [1.82, 2.24) is 0 Å². The van der Waals surface area contributed by atoms with Crippen molar-refractivity contribution >= 4 is 11.8 Å². The van der Waals surface area contributed by atoms with Crippen LogP contribution in [0.5, 0.6) is 0 Å². The highest BCUT2D eigenvalue weighted by Crippen LogP contribution is 2.36. The van der Waals surface area contributed by atoms with Crippen LogP contribution in [0.4, 0.5) is 0 Å². The number of nitrogens with two attached hydrogens (primary N) is 1. The van der Waals surface area contributed by atoms with Crippen LogP contribution in [0, 0.1) is 5.92 Å². The fourth-order valence-corrected chi connectivity index (χ4v) is 2.55. The molecule has 0 fully saturated rings. The molecule has 0 aliphatic carbocycles. The van der Waals surface area contributed by atoms with Crippen LogP contribution in [0.15, 0.2) is 22.0 Å². The van der Waals surface area contributed by atoms with Gasteiger partial charge < -0.3 is 5.73 Å². The molecule has 0 bridgehead atoms. The maximum absolute atomic E-state index is 6.03. The monoisotopic (exact) mass is 183 g/mol. The van der Waals surface area contributed by atoms with Crippen LogP contribution in [0.3, 0.4) is 0 Å². The quantitative estimate of drug-likeness (QED) is 0.676. The SMILES string of the molecule is CC1=CC(C)(N)C=C(C(C)C)S1. The zero-order chi connectivity index (χ0) is 9.35. The molecular formula is C10H17NS. The van der Waals surface area contributed by atoms with Gasteiger partial charge in [-0.2, -0.15) is 0 Å². The Bertz CT molecular complexity index is 236. The van der Waals surface area contributed by atoms with E-state index in [-0.39, 0.29) is 5.54 Å². The van der Waals surface area contributed by atoms with Crippen LogP contribution < -0.4 is 5.73 Å². The first-order chi connectivity index (χ1) is 5.41. The van der Waals surface area contributed by atoms with Gasteiger partial charge in [0.15, 0.2) is 0 Å². The van der Waals surface area contributed by atoms with Gasteiger partial charge in [-0.05, 0) is 29.6 Å². The second-order valence-corrected chi connectivity index (χ2v) is 5.24. The van der Waals surface area contributed by atoms with E-state index >= 15 is 0 Å². The van der Waals surface area contributed by atoms with Crippen molar-refractivity contribution in [3.8, 4) is 0 Å². The van der Waals surface area contributed by atoms with Crippen LogP contribution in [-0.2, 0) is 0 Å². The molecule has 1 aliphatic rings. The molecule has 1 unspecified atom stereocenters. The van der Waals surface area contributed by atoms with E-state index in [9.17, 15) is 0 Å². The number of rotatable bonds is 1. The van der Waals surface area contributed by atoms with Crippen molar-refractivity contribution in [3.63, 3.8) is 0 Å². The van der Waals surface area contributed by atoms with Gasteiger partial charge in [0.2, 0.25) is 0 Å². The highest BCUT2D eigenvalue weighted by Gasteiger charge is 2.20. The average molecular weight is 183 g/mol. The Kier molecular flexibility index (Phi) is 2.69. The van der Waals surface area contributed by atoms with Gasteiger partial charge in [-0.1, -0.05) is 37.8 Å². The Morgan fingerprint density at radius 3 is 2.42 bits per heavy atom. The molecule has 0 radical (unpaired) electrons. The number of hydrogen-bond acceptors (Lipinski definition) is 2. The van der Waals surface area contributed by atoms with Gasteiger partial charge in [0, 0.05) is 0 Å². The van der Waals surface area contributed by atoms with Gasteiger partial charge in [-0.3, -0.25) is 0 Å². The van der Waals surface area contributed by atoms with E-state index in [0.29, 0.717) is 5.92 Å². The van der Waals surface area contributed by atoms with E-state index in [1.807, 2.05) is 18.7 Å². The van der Waals surface area contributed by atoms with Crippen molar-refractivity contribution in [1.29, 1.82) is 0 Å². The number of hydrogen-bond donors (Lipinski definition) is 1. The molecule has 0 aromatic carbocycles. The van der Waals surface area contributed by atoms with E-state index in [1.165, 1.54) is 9.81 Å². The second-order valence-electron chi connectivity index (χ2n) is 3.92. The summed E-state index contributed by atoms with van der Waals surface area (Å²) >= 11 is 1.84. The summed E-state index contributed by atoms with van der Waals surface area (Å²) in [4.78, 5) is 2.70. The molecule has 0 aromatic rings. The van der Waals surface area contributed by atoms with Crippen molar-refractivity contribution in [2.75, 3.05) is 0 Å². The molecule has 0 saturated carbocycles. The minimum absolute atomic E-state index is 0.241. The Labute approximate surface area is 79.1 Å². The van der Waals surface area contributed by atoms with Gasteiger partial charge in [-0.25, -0.2) is 0 Å². The standard InChI is InChI=1S/C10H17NS/c1-7(2)9-6-10(4,11)5-8(3)12-9/h5-7H,11H2,1-4H3. The lowest BCUT2D eigenvalue weighted by atomic mass is 10.00. The Balaban J connectivity index is 2.88. The molecule has 1 atom stereocenters. The highest BCUT2D eigenvalue weighted by atomic mass is 32.2. The van der Waals surface area contributed by atoms with Crippen molar-refractivity contribution < 1.29 is 0 Å². The number of allylic oxidation sites excluding steroid dienone is 2. The molecule has 0 spiro atoms. The molecule has 0 saturated heterocycles. The molecule has 0 amide bonds. The lowest BCUT2D eigenvalue weighted by Crippen LogP contribution is -2.33. The third-order valence-corrected chi connectivity index (χ3v) is 3.08. The molecule has 2 N–H and O–H groups in total. The predicted octanol–water partition coefficient (Wildman–Crippen LogP) is 2.89. The third-order valence-electron chi connectivity index (χ3n) is 1.82. The Hall–Kier alpha value is -0.210. The first kappa shape index (κ1) is 9.87. The van der Waals surface area contributed by atoms with E-state index < -0.39 is 0 Å². The predicted molar refractivity (Wildman–Crippen MR) is 56.9 cm³/mol. The fourth-order valence-electron chi connectivity index (χ4n) is 1.32.